The lowest BCUT2D eigenvalue weighted by Gasteiger charge is -2.18. The van der Waals surface area contributed by atoms with E-state index in [1.807, 2.05) is 0 Å². The van der Waals surface area contributed by atoms with Gasteiger partial charge in [-0.15, -0.1) is 0 Å². The molecule has 1 fully saturated rings. The minimum atomic E-state index is -0.699. The molecule has 1 atom stereocenters. The zero-order valence-electron chi connectivity index (χ0n) is 10.9. The number of nitrogens with zero attached hydrogens (tertiary/aromatic N) is 1. The molecule has 1 aliphatic heterocycles. The standard InChI is InChI=1S/C15H14FNO3/c16-11-5-2-4-10-13(11)17(15(20)14(10)19)8-7-9-3-1-6-12(9)18/h2,4-5,9H,1,3,6-8H2. The predicted octanol–water partition coefficient (Wildman–Crippen LogP) is 2.11. The fourth-order valence-corrected chi connectivity index (χ4v) is 3.00. The molecule has 0 N–H and O–H groups in total. The van der Waals surface area contributed by atoms with E-state index in [9.17, 15) is 18.8 Å². The van der Waals surface area contributed by atoms with Crippen molar-refractivity contribution in [2.45, 2.75) is 25.7 Å². The number of fused-ring (bicyclic) bond motifs is 1. The normalized spacial score (nSPS) is 21.8. The quantitative estimate of drug-likeness (QED) is 0.794. The Morgan fingerprint density at radius 3 is 2.75 bits per heavy atom. The molecule has 5 heteroatoms. The number of rotatable bonds is 3. The summed E-state index contributed by atoms with van der Waals surface area (Å²) in [7, 11) is 0. The van der Waals surface area contributed by atoms with Crippen molar-refractivity contribution < 1.29 is 18.8 Å². The van der Waals surface area contributed by atoms with Crippen molar-refractivity contribution in [3.05, 3.63) is 29.6 Å². The molecule has 3 rings (SSSR count). The van der Waals surface area contributed by atoms with Gasteiger partial charge < -0.3 is 4.90 Å². The summed E-state index contributed by atoms with van der Waals surface area (Å²) in [5, 5.41) is 0. The minimum absolute atomic E-state index is 0.0614. The Balaban J connectivity index is 1.82. The highest BCUT2D eigenvalue weighted by molar-refractivity contribution is 6.52. The van der Waals surface area contributed by atoms with Crippen LogP contribution in [0, 0.1) is 11.7 Å². The smallest absolute Gasteiger partial charge is 0.299 e. The van der Waals surface area contributed by atoms with Crippen LogP contribution >= 0.6 is 0 Å². The first-order valence-electron chi connectivity index (χ1n) is 6.77. The first-order chi connectivity index (χ1) is 9.59. The Hall–Kier alpha value is -2.04. The molecule has 0 aromatic heterocycles. The molecule has 4 nitrogen and oxygen atoms in total. The van der Waals surface area contributed by atoms with Gasteiger partial charge in [0.15, 0.2) is 0 Å². The van der Waals surface area contributed by atoms with Crippen LogP contribution in [-0.2, 0) is 9.59 Å². The number of carbonyl (C=O) groups excluding carboxylic acids is 3. The van der Waals surface area contributed by atoms with Gasteiger partial charge in [0.2, 0.25) is 0 Å². The lowest BCUT2D eigenvalue weighted by Crippen LogP contribution is -2.32. The summed E-state index contributed by atoms with van der Waals surface area (Å²) in [6, 6.07) is 4.11. The molecular formula is C15H14FNO3. The van der Waals surface area contributed by atoms with Crippen LogP contribution in [0.1, 0.15) is 36.0 Å². The zero-order chi connectivity index (χ0) is 14.3. The van der Waals surface area contributed by atoms with Crippen molar-refractivity contribution in [2.75, 3.05) is 11.4 Å². The Morgan fingerprint density at radius 2 is 2.05 bits per heavy atom. The van der Waals surface area contributed by atoms with Crippen LogP contribution in [0.25, 0.3) is 0 Å². The second kappa shape index (κ2) is 4.81. The summed E-state index contributed by atoms with van der Waals surface area (Å²) >= 11 is 0. The van der Waals surface area contributed by atoms with Crippen molar-refractivity contribution in [3.8, 4) is 0 Å². The second-order valence-corrected chi connectivity index (χ2v) is 5.27. The van der Waals surface area contributed by atoms with Crippen LogP contribution in [-0.4, -0.2) is 24.0 Å². The maximum Gasteiger partial charge on any atom is 0.299 e. The van der Waals surface area contributed by atoms with Crippen LogP contribution in [0.15, 0.2) is 18.2 Å². The molecule has 2 aliphatic rings. The molecule has 104 valence electrons. The fourth-order valence-electron chi connectivity index (χ4n) is 3.00. The van der Waals surface area contributed by atoms with Crippen LogP contribution in [0.3, 0.4) is 0 Å². The molecule has 20 heavy (non-hydrogen) atoms. The van der Waals surface area contributed by atoms with E-state index in [0.29, 0.717) is 12.8 Å². The summed E-state index contributed by atoms with van der Waals surface area (Å²) < 4.78 is 13.9. The second-order valence-electron chi connectivity index (χ2n) is 5.27. The van der Waals surface area contributed by atoms with Gasteiger partial charge in [0.05, 0.1) is 11.3 Å². The van der Waals surface area contributed by atoms with E-state index in [4.69, 9.17) is 0 Å². The molecule has 1 amide bonds. The Morgan fingerprint density at radius 1 is 1.25 bits per heavy atom. The van der Waals surface area contributed by atoms with Crippen molar-refractivity contribution >= 4 is 23.2 Å². The number of halogens is 1. The number of para-hydroxylation sites is 1. The highest BCUT2D eigenvalue weighted by Crippen LogP contribution is 2.33. The Bertz CT molecular complexity index is 611. The first kappa shape index (κ1) is 13.0. The molecule has 1 aromatic rings. The highest BCUT2D eigenvalue weighted by Gasteiger charge is 2.38. The van der Waals surface area contributed by atoms with Gasteiger partial charge in [-0.3, -0.25) is 14.4 Å². The number of amides is 1. The molecule has 1 unspecified atom stereocenters. The van der Waals surface area contributed by atoms with Crippen molar-refractivity contribution in [2.24, 2.45) is 5.92 Å². The van der Waals surface area contributed by atoms with Gasteiger partial charge in [0, 0.05) is 18.9 Å². The van der Waals surface area contributed by atoms with E-state index in [1.54, 1.807) is 0 Å². The molecule has 1 aliphatic carbocycles. The number of benzene rings is 1. The summed E-state index contributed by atoms with van der Waals surface area (Å²) in [6.45, 7) is 0.217. The fraction of sp³-hybridized carbons (Fsp3) is 0.400. The maximum atomic E-state index is 13.9. The van der Waals surface area contributed by atoms with Crippen molar-refractivity contribution in [3.63, 3.8) is 0 Å². The third-order valence-corrected chi connectivity index (χ3v) is 4.07. The topological polar surface area (TPSA) is 54.5 Å². The molecule has 1 heterocycles. The van der Waals surface area contributed by atoms with Crippen LogP contribution in [0.5, 0.6) is 0 Å². The van der Waals surface area contributed by atoms with Gasteiger partial charge >= 0.3 is 0 Å². The number of anilines is 1. The van der Waals surface area contributed by atoms with Crippen LogP contribution < -0.4 is 4.90 Å². The number of hydrogen-bond donors (Lipinski definition) is 0. The van der Waals surface area contributed by atoms with Gasteiger partial charge in [0.1, 0.15) is 11.6 Å². The Labute approximate surface area is 115 Å². The highest BCUT2D eigenvalue weighted by atomic mass is 19.1. The third-order valence-electron chi connectivity index (χ3n) is 4.07. The molecule has 1 saturated carbocycles. The lowest BCUT2D eigenvalue weighted by molar-refractivity contribution is -0.121. The van der Waals surface area contributed by atoms with Gasteiger partial charge in [-0.2, -0.15) is 0 Å². The van der Waals surface area contributed by atoms with E-state index in [1.165, 1.54) is 23.1 Å². The summed E-state index contributed by atoms with van der Waals surface area (Å²) in [6.07, 6.45) is 2.77. The minimum Gasteiger partial charge on any atom is -0.302 e. The molecule has 0 spiro atoms. The number of Topliss-reactive ketones (excluding diaryl/α,β-unsaturated/α-hetero) is 2. The molecular weight excluding hydrogens is 261 g/mol. The van der Waals surface area contributed by atoms with E-state index in [0.717, 1.165) is 12.8 Å². The zero-order valence-corrected chi connectivity index (χ0v) is 10.9. The third kappa shape index (κ3) is 1.94. The van der Waals surface area contributed by atoms with E-state index in [-0.39, 0.29) is 29.5 Å². The predicted molar refractivity (Wildman–Crippen MR) is 70.0 cm³/mol. The van der Waals surface area contributed by atoms with Gasteiger partial charge in [-0.1, -0.05) is 6.07 Å². The average molecular weight is 275 g/mol. The molecule has 0 radical (unpaired) electrons. The molecule has 0 saturated heterocycles. The summed E-state index contributed by atoms with van der Waals surface area (Å²) in [5.41, 5.74) is 0.181. The molecule has 1 aromatic carbocycles. The van der Waals surface area contributed by atoms with Crippen molar-refractivity contribution in [1.29, 1.82) is 0 Å². The van der Waals surface area contributed by atoms with Gasteiger partial charge in [-0.25, -0.2) is 4.39 Å². The van der Waals surface area contributed by atoms with Crippen LogP contribution in [0.2, 0.25) is 0 Å². The van der Waals surface area contributed by atoms with E-state index in [2.05, 4.69) is 0 Å². The number of carbonyl (C=O) groups is 3. The van der Waals surface area contributed by atoms with Crippen molar-refractivity contribution in [1.82, 2.24) is 0 Å². The average Bonchev–Trinajstić information content (AvgIpc) is 2.94. The SMILES string of the molecule is O=C1C(=O)N(CCC2CCCC2=O)c2c(F)cccc21. The van der Waals surface area contributed by atoms with E-state index < -0.39 is 17.5 Å². The lowest BCUT2D eigenvalue weighted by atomic mass is 10.0. The largest absolute Gasteiger partial charge is 0.302 e. The monoisotopic (exact) mass is 275 g/mol. The number of hydrogen-bond acceptors (Lipinski definition) is 3. The first-order valence-corrected chi connectivity index (χ1v) is 6.77. The number of ketones is 2. The summed E-state index contributed by atoms with van der Waals surface area (Å²) in [4.78, 5) is 36.5. The van der Waals surface area contributed by atoms with Gasteiger partial charge in [-0.05, 0) is 31.4 Å². The molecule has 0 bridgehead atoms. The summed E-state index contributed by atoms with van der Waals surface area (Å²) in [5.74, 6) is -1.79. The van der Waals surface area contributed by atoms with E-state index >= 15 is 0 Å². The Kier molecular flexibility index (Phi) is 3.12. The van der Waals surface area contributed by atoms with Crippen LogP contribution in [0.4, 0.5) is 10.1 Å². The van der Waals surface area contributed by atoms with Gasteiger partial charge in [0.25, 0.3) is 11.7 Å². The maximum absolute atomic E-state index is 13.9.